The van der Waals surface area contributed by atoms with Gasteiger partial charge in [0.05, 0.1) is 29.2 Å². The third kappa shape index (κ3) is 3.22. The van der Waals surface area contributed by atoms with Gasteiger partial charge in [-0.25, -0.2) is 0 Å². The van der Waals surface area contributed by atoms with Gasteiger partial charge in [0.2, 0.25) is 0 Å². The van der Waals surface area contributed by atoms with Gasteiger partial charge in [0, 0.05) is 6.07 Å². The smallest absolute Gasteiger partial charge is 0.259 e. The van der Waals surface area contributed by atoms with Gasteiger partial charge in [-0.05, 0) is 31.4 Å². The van der Waals surface area contributed by atoms with Crippen molar-refractivity contribution in [2.75, 3.05) is 5.32 Å². The number of phenols is 2. The molecule has 0 unspecified atom stereocenters. The van der Waals surface area contributed by atoms with Gasteiger partial charge >= 0.3 is 0 Å². The highest BCUT2D eigenvalue weighted by Gasteiger charge is 2.24. The molecule has 0 spiro atoms. The standard InChI is InChI=1S/C18H23N3O3/c1-2-5-16-14(11-19-21(16)12-6-3-4-7-12)18(24)20-15-9-8-13(22)10-17(15)23/h8-12,22-23H,2-7H2,1H3,(H,20,24). The Morgan fingerprint density at radius 1 is 1.33 bits per heavy atom. The van der Waals surface area contributed by atoms with Crippen LogP contribution in [0.3, 0.4) is 0 Å². The Bertz CT molecular complexity index is 733. The molecule has 6 nitrogen and oxygen atoms in total. The van der Waals surface area contributed by atoms with Crippen LogP contribution in [0.2, 0.25) is 0 Å². The topological polar surface area (TPSA) is 87.4 Å². The fourth-order valence-electron chi connectivity index (χ4n) is 3.34. The van der Waals surface area contributed by atoms with Crippen LogP contribution >= 0.6 is 0 Å². The summed E-state index contributed by atoms with van der Waals surface area (Å²) >= 11 is 0. The minimum absolute atomic E-state index is 0.0498. The fraction of sp³-hybridized carbons (Fsp3) is 0.444. The van der Waals surface area contributed by atoms with Crippen molar-refractivity contribution in [3.63, 3.8) is 0 Å². The van der Waals surface area contributed by atoms with Crippen molar-refractivity contribution < 1.29 is 15.0 Å². The lowest BCUT2D eigenvalue weighted by atomic mass is 10.1. The van der Waals surface area contributed by atoms with Crippen molar-refractivity contribution in [2.45, 2.75) is 51.5 Å². The SMILES string of the molecule is CCCc1c(C(=O)Nc2ccc(O)cc2O)cnn1C1CCCC1. The van der Waals surface area contributed by atoms with Crippen LogP contribution in [-0.4, -0.2) is 25.9 Å². The molecule has 1 amide bonds. The van der Waals surface area contributed by atoms with Crippen molar-refractivity contribution >= 4 is 11.6 Å². The zero-order chi connectivity index (χ0) is 17.1. The number of carbonyl (C=O) groups is 1. The number of phenolic OH excluding ortho intramolecular Hbond substituents is 2. The highest BCUT2D eigenvalue weighted by molar-refractivity contribution is 6.05. The number of nitrogens with one attached hydrogen (secondary N) is 1. The first-order chi connectivity index (χ1) is 11.6. The predicted molar refractivity (Wildman–Crippen MR) is 91.5 cm³/mol. The van der Waals surface area contributed by atoms with Crippen molar-refractivity contribution in [3.8, 4) is 11.5 Å². The van der Waals surface area contributed by atoms with E-state index in [9.17, 15) is 15.0 Å². The second kappa shape index (κ2) is 6.95. The molecular formula is C18H23N3O3. The van der Waals surface area contributed by atoms with Crippen LogP contribution in [0.15, 0.2) is 24.4 Å². The van der Waals surface area contributed by atoms with E-state index < -0.39 is 0 Å². The number of hydrogen-bond acceptors (Lipinski definition) is 4. The molecule has 128 valence electrons. The number of carbonyl (C=O) groups excluding carboxylic acids is 1. The molecule has 0 aliphatic heterocycles. The molecule has 6 heteroatoms. The predicted octanol–water partition coefficient (Wildman–Crippen LogP) is 3.61. The molecule has 1 heterocycles. The zero-order valence-corrected chi connectivity index (χ0v) is 13.8. The summed E-state index contributed by atoms with van der Waals surface area (Å²) in [6, 6.07) is 4.48. The molecule has 2 aromatic rings. The van der Waals surface area contributed by atoms with Gasteiger partial charge in [0.1, 0.15) is 11.5 Å². The first-order valence-corrected chi connectivity index (χ1v) is 8.50. The molecule has 0 bridgehead atoms. The lowest BCUT2D eigenvalue weighted by Gasteiger charge is -2.15. The molecule has 1 aliphatic carbocycles. The number of aromatic hydroxyl groups is 2. The third-order valence-electron chi connectivity index (χ3n) is 4.53. The normalized spacial score (nSPS) is 14.9. The first-order valence-electron chi connectivity index (χ1n) is 8.50. The lowest BCUT2D eigenvalue weighted by Crippen LogP contribution is -2.16. The third-order valence-corrected chi connectivity index (χ3v) is 4.53. The van der Waals surface area contributed by atoms with E-state index in [1.165, 1.54) is 31.0 Å². The zero-order valence-electron chi connectivity index (χ0n) is 13.8. The fourth-order valence-corrected chi connectivity index (χ4v) is 3.34. The Hall–Kier alpha value is -2.50. The molecule has 1 saturated carbocycles. The average molecular weight is 329 g/mol. The summed E-state index contributed by atoms with van der Waals surface area (Å²) in [6.45, 7) is 2.08. The Labute approximate surface area is 141 Å². The number of nitrogens with zero attached hydrogens (tertiary/aromatic N) is 2. The highest BCUT2D eigenvalue weighted by atomic mass is 16.3. The van der Waals surface area contributed by atoms with Crippen LogP contribution < -0.4 is 5.32 Å². The number of anilines is 1. The van der Waals surface area contributed by atoms with Gasteiger partial charge in [-0.3, -0.25) is 9.48 Å². The van der Waals surface area contributed by atoms with Gasteiger partial charge < -0.3 is 15.5 Å². The first kappa shape index (κ1) is 16.4. The average Bonchev–Trinajstić information content (AvgIpc) is 3.19. The van der Waals surface area contributed by atoms with Crippen LogP contribution in [0.5, 0.6) is 11.5 Å². The number of benzene rings is 1. The maximum Gasteiger partial charge on any atom is 0.259 e. The summed E-state index contributed by atoms with van der Waals surface area (Å²) in [6.07, 6.45) is 7.98. The Morgan fingerprint density at radius 2 is 2.08 bits per heavy atom. The van der Waals surface area contributed by atoms with Gasteiger partial charge in [-0.2, -0.15) is 5.10 Å². The largest absolute Gasteiger partial charge is 0.508 e. The molecule has 1 aromatic heterocycles. The highest BCUT2D eigenvalue weighted by Crippen LogP contribution is 2.32. The summed E-state index contributed by atoms with van der Waals surface area (Å²) in [7, 11) is 0. The molecular weight excluding hydrogens is 306 g/mol. The second-order valence-corrected chi connectivity index (χ2v) is 6.29. The van der Waals surface area contributed by atoms with Gasteiger partial charge in [-0.15, -0.1) is 0 Å². The van der Waals surface area contributed by atoms with Gasteiger partial charge in [0.25, 0.3) is 5.91 Å². The monoisotopic (exact) mass is 329 g/mol. The molecule has 0 atom stereocenters. The van der Waals surface area contributed by atoms with Crippen molar-refractivity contribution in [3.05, 3.63) is 35.7 Å². The quantitative estimate of drug-likeness (QED) is 0.577. The number of hydrogen-bond donors (Lipinski definition) is 3. The Kier molecular flexibility index (Phi) is 4.74. The molecule has 3 N–H and O–H groups in total. The molecule has 0 radical (unpaired) electrons. The van der Waals surface area contributed by atoms with E-state index in [1.807, 2.05) is 4.68 Å². The summed E-state index contributed by atoms with van der Waals surface area (Å²) < 4.78 is 2.02. The minimum atomic E-state index is -0.288. The number of aromatic nitrogens is 2. The van der Waals surface area contributed by atoms with Crippen molar-refractivity contribution in [1.29, 1.82) is 0 Å². The van der Waals surface area contributed by atoms with Crippen LogP contribution in [0.4, 0.5) is 5.69 Å². The summed E-state index contributed by atoms with van der Waals surface area (Å²) in [5.41, 5.74) is 1.78. The van der Waals surface area contributed by atoms with Crippen molar-refractivity contribution in [2.24, 2.45) is 0 Å². The van der Waals surface area contributed by atoms with Crippen LogP contribution in [-0.2, 0) is 6.42 Å². The van der Waals surface area contributed by atoms with Gasteiger partial charge in [-0.1, -0.05) is 26.2 Å². The maximum absolute atomic E-state index is 12.6. The van der Waals surface area contributed by atoms with E-state index in [-0.39, 0.29) is 23.1 Å². The van der Waals surface area contributed by atoms with E-state index in [4.69, 9.17) is 0 Å². The minimum Gasteiger partial charge on any atom is -0.508 e. The van der Waals surface area contributed by atoms with Gasteiger partial charge in [0.15, 0.2) is 0 Å². The molecule has 1 aromatic carbocycles. The molecule has 1 aliphatic rings. The molecule has 24 heavy (non-hydrogen) atoms. The number of amides is 1. The lowest BCUT2D eigenvalue weighted by molar-refractivity contribution is 0.102. The molecule has 0 saturated heterocycles. The van der Waals surface area contributed by atoms with Crippen LogP contribution in [0.1, 0.15) is 61.1 Å². The second-order valence-electron chi connectivity index (χ2n) is 6.29. The van der Waals surface area contributed by atoms with E-state index in [0.29, 0.717) is 11.6 Å². The van der Waals surface area contributed by atoms with Crippen LogP contribution in [0.25, 0.3) is 0 Å². The van der Waals surface area contributed by atoms with E-state index in [1.54, 1.807) is 6.20 Å². The van der Waals surface area contributed by atoms with E-state index in [0.717, 1.165) is 31.4 Å². The molecule has 1 fully saturated rings. The Morgan fingerprint density at radius 3 is 2.75 bits per heavy atom. The van der Waals surface area contributed by atoms with E-state index in [2.05, 4.69) is 17.3 Å². The summed E-state index contributed by atoms with van der Waals surface area (Å²) in [5, 5.41) is 26.4. The van der Waals surface area contributed by atoms with Crippen LogP contribution in [0, 0.1) is 0 Å². The summed E-state index contributed by atoms with van der Waals surface area (Å²) in [5.74, 6) is -0.501. The van der Waals surface area contributed by atoms with Crippen molar-refractivity contribution in [1.82, 2.24) is 9.78 Å². The maximum atomic E-state index is 12.6. The molecule has 3 rings (SSSR count). The van der Waals surface area contributed by atoms with E-state index >= 15 is 0 Å². The summed E-state index contributed by atoms with van der Waals surface area (Å²) in [4.78, 5) is 12.6. The number of rotatable bonds is 5. The Balaban J connectivity index is 1.86.